The zero-order chi connectivity index (χ0) is 23.8. The van der Waals surface area contributed by atoms with Crippen LogP contribution in [-0.4, -0.2) is 61.1 Å². The average molecular weight is 474 g/mol. The number of carbonyl (C=O) groups is 1. The number of β-amino-alcohol motifs (C(OH)–C–C–N with tert-alkyl or cyclic N) is 1. The standard InChI is InChI=1S/C23H31N5O4S/c1-13-8-9-17(32-13)19(23(2,3)4)25-21-20(26-33-27-21)24-16-7-5-6-15(18(16)30)22(31)28-11-10-14(29)12-28/h5-8,14,17,19,29-30H,9-12H2,1-4H3,(H,24,26)(H,25,27)/t14-,17?,19?/m1/s1. The SMILES string of the molecule is CC1=CCC(C(Nc2nsnc2Nc2cccc(C(=O)N3CC[C@@H](O)C3)c2O)C(C)(C)C)O1. The molecule has 0 saturated carbocycles. The lowest BCUT2D eigenvalue weighted by Crippen LogP contribution is -2.44. The Morgan fingerprint density at radius 2 is 2.06 bits per heavy atom. The molecule has 33 heavy (non-hydrogen) atoms. The van der Waals surface area contributed by atoms with Gasteiger partial charge in [0, 0.05) is 19.5 Å². The lowest BCUT2D eigenvalue weighted by atomic mass is 9.82. The van der Waals surface area contributed by atoms with Crippen molar-refractivity contribution in [3.8, 4) is 5.75 Å². The number of likely N-dealkylation sites (tertiary alicyclic amines) is 1. The second kappa shape index (κ2) is 9.18. The van der Waals surface area contributed by atoms with Gasteiger partial charge in [-0.25, -0.2) is 0 Å². The van der Waals surface area contributed by atoms with Crippen molar-refractivity contribution in [1.82, 2.24) is 13.6 Å². The lowest BCUT2D eigenvalue weighted by Gasteiger charge is -2.35. The number of amides is 1. The fourth-order valence-corrected chi connectivity index (χ4v) is 4.72. The summed E-state index contributed by atoms with van der Waals surface area (Å²) in [6, 6.07) is 4.93. The van der Waals surface area contributed by atoms with Gasteiger partial charge >= 0.3 is 0 Å². The van der Waals surface area contributed by atoms with Gasteiger partial charge in [0.1, 0.15) is 6.10 Å². The maximum absolute atomic E-state index is 12.8. The van der Waals surface area contributed by atoms with Crippen molar-refractivity contribution in [2.75, 3.05) is 23.7 Å². The molecule has 1 aromatic heterocycles. The van der Waals surface area contributed by atoms with Crippen molar-refractivity contribution in [3.63, 3.8) is 0 Å². The Kier molecular flexibility index (Phi) is 6.49. The highest BCUT2D eigenvalue weighted by atomic mass is 32.1. The molecule has 1 amide bonds. The Labute approximate surface area is 197 Å². The molecule has 2 unspecified atom stereocenters. The third kappa shape index (κ3) is 5.06. The van der Waals surface area contributed by atoms with E-state index in [0.717, 1.165) is 23.9 Å². The summed E-state index contributed by atoms with van der Waals surface area (Å²) in [4.78, 5) is 14.4. The highest BCUT2D eigenvalue weighted by molar-refractivity contribution is 6.99. The number of benzene rings is 1. The first-order valence-electron chi connectivity index (χ1n) is 11.1. The predicted octanol–water partition coefficient (Wildman–Crippen LogP) is 3.71. The number of nitrogens with one attached hydrogen (secondary N) is 2. The number of phenols is 1. The molecule has 0 aliphatic carbocycles. The monoisotopic (exact) mass is 473 g/mol. The van der Waals surface area contributed by atoms with Gasteiger partial charge in [0.2, 0.25) is 0 Å². The maximum atomic E-state index is 12.8. The quantitative estimate of drug-likeness (QED) is 0.469. The first-order chi connectivity index (χ1) is 15.6. The third-order valence-corrected chi connectivity index (χ3v) is 6.56. The number of anilines is 3. The topological polar surface area (TPSA) is 120 Å². The number of carbonyl (C=O) groups excluding carboxylic acids is 1. The smallest absolute Gasteiger partial charge is 0.257 e. The van der Waals surface area contributed by atoms with Gasteiger partial charge < -0.3 is 30.5 Å². The molecule has 3 heterocycles. The molecule has 2 aromatic rings. The zero-order valence-electron chi connectivity index (χ0n) is 19.3. The molecule has 2 aliphatic rings. The van der Waals surface area contributed by atoms with Crippen molar-refractivity contribution in [3.05, 3.63) is 35.6 Å². The number of para-hydroxylation sites is 1. The van der Waals surface area contributed by atoms with Crippen LogP contribution in [0, 0.1) is 5.41 Å². The summed E-state index contributed by atoms with van der Waals surface area (Å²) in [5, 5.41) is 27.2. The van der Waals surface area contributed by atoms with E-state index in [1.165, 1.54) is 0 Å². The van der Waals surface area contributed by atoms with Crippen LogP contribution in [0.25, 0.3) is 0 Å². The van der Waals surface area contributed by atoms with E-state index in [-0.39, 0.29) is 41.3 Å². The normalized spacial score (nSPS) is 21.5. The van der Waals surface area contributed by atoms with E-state index in [9.17, 15) is 15.0 Å². The molecule has 0 bridgehead atoms. The molecule has 3 atom stereocenters. The van der Waals surface area contributed by atoms with E-state index in [2.05, 4.69) is 46.2 Å². The number of allylic oxidation sites excluding steroid dienone is 1. The predicted molar refractivity (Wildman–Crippen MR) is 128 cm³/mol. The zero-order valence-corrected chi connectivity index (χ0v) is 20.1. The van der Waals surface area contributed by atoms with Crippen molar-refractivity contribution >= 4 is 35.0 Å². The van der Waals surface area contributed by atoms with Crippen molar-refractivity contribution in [2.24, 2.45) is 5.41 Å². The largest absolute Gasteiger partial charge is 0.505 e. The number of phenolic OH excluding ortho intramolecular Hbond substituents is 1. The number of aromatic nitrogens is 2. The molecule has 1 aromatic carbocycles. The summed E-state index contributed by atoms with van der Waals surface area (Å²) in [5.41, 5.74) is 0.428. The first kappa shape index (κ1) is 23.3. The number of ether oxygens (including phenoxy) is 1. The fraction of sp³-hybridized carbons (Fsp3) is 0.522. The Morgan fingerprint density at radius 1 is 1.30 bits per heavy atom. The first-order valence-corrected chi connectivity index (χ1v) is 11.9. The number of nitrogens with zero attached hydrogens (tertiary/aromatic N) is 3. The molecule has 1 saturated heterocycles. The van der Waals surface area contributed by atoms with Crippen LogP contribution in [0.2, 0.25) is 0 Å². The van der Waals surface area contributed by atoms with Crippen LogP contribution in [0.3, 0.4) is 0 Å². The molecule has 10 heteroatoms. The van der Waals surface area contributed by atoms with Gasteiger partial charge in [-0.15, -0.1) is 0 Å². The molecule has 0 radical (unpaired) electrons. The molecule has 178 valence electrons. The summed E-state index contributed by atoms with van der Waals surface area (Å²) < 4.78 is 14.8. The number of aliphatic hydroxyl groups is 1. The van der Waals surface area contributed by atoms with E-state index >= 15 is 0 Å². The van der Waals surface area contributed by atoms with Gasteiger partial charge in [0.05, 0.1) is 40.9 Å². The minimum atomic E-state index is -0.522. The molecule has 2 aliphatic heterocycles. The third-order valence-electron chi connectivity index (χ3n) is 6.03. The van der Waals surface area contributed by atoms with Gasteiger partial charge in [0.25, 0.3) is 5.91 Å². The van der Waals surface area contributed by atoms with E-state index in [0.29, 0.717) is 30.3 Å². The molecule has 9 nitrogen and oxygen atoms in total. The van der Waals surface area contributed by atoms with Crippen molar-refractivity contribution in [2.45, 2.75) is 58.8 Å². The molecule has 4 N–H and O–H groups in total. The summed E-state index contributed by atoms with van der Waals surface area (Å²) in [5.74, 6) is 1.48. The second-order valence-corrected chi connectivity index (χ2v) is 10.2. The van der Waals surface area contributed by atoms with Gasteiger partial charge in [-0.3, -0.25) is 4.79 Å². The maximum Gasteiger partial charge on any atom is 0.257 e. The van der Waals surface area contributed by atoms with Crippen molar-refractivity contribution < 1.29 is 19.7 Å². The highest BCUT2D eigenvalue weighted by Crippen LogP contribution is 2.36. The van der Waals surface area contributed by atoms with Crippen LogP contribution in [0.1, 0.15) is 50.9 Å². The van der Waals surface area contributed by atoms with Crippen LogP contribution >= 0.6 is 11.7 Å². The number of hydrogen-bond donors (Lipinski definition) is 4. The van der Waals surface area contributed by atoms with E-state index in [4.69, 9.17) is 4.74 Å². The molecule has 4 rings (SSSR count). The Balaban J connectivity index is 1.53. The minimum Gasteiger partial charge on any atom is -0.505 e. The van der Waals surface area contributed by atoms with Crippen LogP contribution in [-0.2, 0) is 4.74 Å². The summed E-state index contributed by atoms with van der Waals surface area (Å²) in [7, 11) is 0. The van der Waals surface area contributed by atoms with Gasteiger partial charge in [-0.1, -0.05) is 26.8 Å². The molecular formula is C23H31N5O4S. The lowest BCUT2D eigenvalue weighted by molar-refractivity contribution is 0.0762. The van der Waals surface area contributed by atoms with Crippen molar-refractivity contribution in [1.29, 1.82) is 0 Å². The Hall–Kier alpha value is -2.85. The minimum absolute atomic E-state index is 0.0234. The van der Waals surface area contributed by atoms with Crippen LogP contribution in [0.5, 0.6) is 5.75 Å². The van der Waals surface area contributed by atoms with E-state index < -0.39 is 6.10 Å². The van der Waals surface area contributed by atoms with E-state index in [1.807, 2.05) is 6.92 Å². The highest BCUT2D eigenvalue weighted by Gasteiger charge is 2.36. The Morgan fingerprint density at radius 3 is 2.70 bits per heavy atom. The van der Waals surface area contributed by atoms with Crippen LogP contribution in [0.4, 0.5) is 17.3 Å². The van der Waals surface area contributed by atoms with E-state index in [1.54, 1.807) is 23.1 Å². The fourth-order valence-electron chi connectivity index (χ4n) is 4.24. The summed E-state index contributed by atoms with van der Waals surface area (Å²) in [6.07, 6.45) is 2.90. The Bertz CT molecular complexity index is 1050. The number of aromatic hydroxyl groups is 1. The van der Waals surface area contributed by atoms with Crippen LogP contribution in [0.15, 0.2) is 30.0 Å². The molecule has 1 fully saturated rings. The van der Waals surface area contributed by atoms with Gasteiger partial charge in [-0.2, -0.15) is 8.75 Å². The average Bonchev–Trinajstić information content (AvgIpc) is 3.48. The van der Waals surface area contributed by atoms with Crippen LogP contribution < -0.4 is 10.6 Å². The van der Waals surface area contributed by atoms with Gasteiger partial charge in [0.15, 0.2) is 17.4 Å². The second-order valence-electron chi connectivity index (χ2n) is 9.68. The number of rotatable bonds is 6. The summed E-state index contributed by atoms with van der Waals surface area (Å²) in [6.45, 7) is 9.12. The molecular weight excluding hydrogens is 442 g/mol. The molecule has 0 spiro atoms. The summed E-state index contributed by atoms with van der Waals surface area (Å²) >= 11 is 1.05. The van der Waals surface area contributed by atoms with Gasteiger partial charge in [-0.05, 0) is 37.0 Å². The number of aliphatic hydroxyl groups excluding tert-OH is 1. The number of hydrogen-bond acceptors (Lipinski definition) is 9.